The lowest BCUT2D eigenvalue weighted by Crippen LogP contribution is -2.07. The Morgan fingerprint density at radius 1 is 0.696 bits per heavy atom. The Bertz CT molecular complexity index is 753. The molecule has 0 saturated carbocycles. The van der Waals surface area contributed by atoms with Gasteiger partial charge >= 0.3 is 0 Å². The van der Waals surface area contributed by atoms with Crippen LogP contribution in [0.5, 0.6) is 11.5 Å². The van der Waals surface area contributed by atoms with Crippen LogP contribution >= 0.6 is 0 Å². The van der Waals surface area contributed by atoms with Crippen LogP contribution < -0.4 is 9.47 Å². The van der Waals surface area contributed by atoms with Gasteiger partial charge in [0.05, 0.1) is 20.3 Å². The average molecular weight is 308 g/mol. The van der Waals surface area contributed by atoms with Crippen molar-refractivity contribution in [3.8, 4) is 11.5 Å². The quantitative estimate of drug-likeness (QED) is 0.604. The molecule has 3 rings (SSSR count). The second-order valence-corrected chi connectivity index (χ2v) is 5.20. The third kappa shape index (κ3) is 3.82. The zero-order valence-electron chi connectivity index (χ0n) is 13.2. The fourth-order valence-corrected chi connectivity index (χ4v) is 2.53. The summed E-state index contributed by atoms with van der Waals surface area (Å²) in [5, 5.41) is 2.10. The van der Waals surface area contributed by atoms with Gasteiger partial charge < -0.3 is 14.2 Å². The molecular weight excluding hydrogens is 288 g/mol. The van der Waals surface area contributed by atoms with Gasteiger partial charge in [-0.05, 0) is 17.7 Å². The summed E-state index contributed by atoms with van der Waals surface area (Å²) < 4.78 is 16.9. The summed E-state index contributed by atoms with van der Waals surface area (Å²) in [6.07, 6.45) is 0. The highest BCUT2D eigenvalue weighted by Crippen LogP contribution is 2.31. The van der Waals surface area contributed by atoms with Gasteiger partial charge in [0.25, 0.3) is 0 Å². The molecule has 0 heterocycles. The Labute approximate surface area is 136 Å². The van der Waals surface area contributed by atoms with E-state index in [1.807, 2.05) is 54.6 Å². The molecule has 3 heteroatoms. The molecule has 0 amide bonds. The normalized spacial score (nSPS) is 10.7. The van der Waals surface area contributed by atoms with Crippen molar-refractivity contribution in [1.29, 1.82) is 0 Å². The molecule has 0 aliphatic heterocycles. The van der Waals surface area contributed by atoms with Crippen LogP contribution in [0.2, 0.25) is 0 Å². The van der Waals surface area contributed by atoms with Crippen molar-refractivity contribution in [1.82, 2.24) is 0 Å². The third-order valence-corrected chi connectivity index (χ3v) is 3.66. The van der Waals surface area contributed by atoms with Gasteiger partial charge in [-0.15, -0.1) is 0 Å². The van der Waals surface area contributed by atoms with Crippen molar-refractivity contribution in [2.45, 2.75) is 6.61 Å². The smallest absolute Gasteiger partial charge is 0.127 e. The molecule has 0 atom stereocenters. The molecule has 0 unspecified atom stereocenters. The van der Waals surface area contributed by atoms with Gasteiger partial charge in [-0.3, -0.25) is 0 Å². The van der Waals surface area contributed by atoms with Gasteiger partial charge in [-0.1, -0.05) is 54.6 Å². The van der Waals surface area contributed by atoms with E-state index in [4.69, 9.17) is 14.2 Å². The first-order valence-electron chi connectivity index (χ1n) is 7.68. The molecule has 3 aromatic rings. The van der Waals surface area contributed by atoms with Gasteiger partial charge in [0.1, 0.15) is 18.1 Å². The highest BCUT2D eigenvalue weighted by Gasteiger charge is 2.05. The number of hydrogen-bond donors (Lipinski definition) is 0. The summed E-state index contributed by atoms with van der Waals surface area (Å²) in [6.45, 7) is 1.67. The Morgan fingerprint density at radius 2 is 1.39 bits per heavy atom. The predicted octanol–water partition coefficient (Wildman–Crippen LogP) is 4.44. The van der Waals surface area contributed by atoms with Crippen molar-refractivity contribution < 1.29 is 14.2 Å². The van der Waals surface area contributed by atoms with Crippen LogP contribution in [0.1, 0.15) is 5.56 Å². The van der Waals surface area contributed by atoms with Crippen LogP contribution in [-0.4, -0.2) is 20.3 Å². The maximum absolute atomic E-state index is 5.88. The van der Waals surface area contributed by atoms with Gasteiger partial charge in [0, 0.05) is 10.8 Å². The molecule has 0 N–H and O–H groups in total. The maximum atomic E-state index is 5.88. The van der Waals surface area contributed by atoms with E-state index < -0.39 is 0 Å². The molecule has 0 aliphatic carbocycles. The third-order valence-electron chi connectivity index (χ3n) is 3.66. The molecular formula is C20H20O3. The topological polar surface area (TPSA) is 27.7 Å². The van der Waals surface area contributed by atoms with Crippen LogP contribution in [0.3, 0.4) is 0 Å². The van der Waals surface area contributed by atoms with Crippen molar-refractivity contribution in [3.63, 3.8) is 0 Å². The van der Waals surface area contributed by atoms with Crippen LogP contribution in [-0.2, 0) is 11.3 Å². The molecule has 23 heavy (non-hydrogen) atoms. The Morgan fingerprint density at radius 3 is 2.13 bits per heavy atom. The number of fused-ring (bicyclic) bond motifs is 1. The zero-order chi connectivity index (χ0) is 15.9. The summed E-state index contributed by atoms with van der Waals surface area (Å²) in [5.41, 5.74) is 1.17. The lowest BCUT2D eigenvalue weighted by molar-refractivity contribution is 0.0894. The van der Waals surface area contributed by atoms with Crippen LogP contribution in [0.25, 0.3) is 10.8 Å². The van der Waals surface area contributed by atoms with Crippen LogP contribution in [0.4, 0.5) is 0 Å². The van der Waals surface area contributed by atoms with Crippen molar-refractivity contribution in [2.75, 3.05) is 20.3 Å². The molecule has 0 aliphatic rings. The fourth-order valence-electron chi connectivity index (χ4n) is 2.53. The first-order valence-corrected chi connectivity index (χ1v) is 7.68. The van der Waals surface area contributed by atoms with E-state index in [-0.39, 0.29) is 0 Å². The molecule has 0 bridgehead atoms. The molecule has 0 aromatic heterocycles. The largest absolute Gasteiger partial charge is 0.496 e. The van der Waals surface area contributed by atoms with E-state index in [1.165, 1.54) is 5.56 Å². The highest BCUT2D eigenvalue weighted by molar-refractivity contribution is 5.93. The highest BCUT2D eigenvalue weighted by atomic mass is 16.5. The number of hydrogen-bond acceptors (Lipinski definition) is 3. The average Bonchev–Trinajstić information content (AvgIpc) is 2.62. The minimum Gasteiger partial charge on any atom is -0.496 e. The van der Waals surface area contributed by atoms with Gasteiger partial charge in [-0.25, -0.2) is 0 Å². The Hall–Kier alpha value is -2.52. The SMILES string of the molecule is COc1cccc2c(OCCOCc3ccccc3)cccc12. The summed E-state index contributed by atoms with van der Waals surface area (Å²) in [5.74, 6) is 1.71. The zero-order valence-corrected chi connectivity index (χ0v) is 13.2. The maximum Gasteiger partial charge on any atom is 0.127 e. The number of rotatable bonds is 7. The summed E-state index contributed by atoms with van der Waals surface area (Å²) in [7, 11) is 1.68. The first-order chi connectivity index (χ1) is 11.4. The molecule has 0 saturated heterocycles. The van der Waals surface area contributed by atoms with Gasteiger partial charge in [0.15, 0.2) is 0 Å². The number of benzene rings is 3. The number of ether oxygens (including phenoxy) is 3. The van der Waals surface area contributed by atoms with E-state index in [0.29, 0.717) is 19.8 Å². The predicted molar refractivity (Wildman–Crippen MR) is 92.1 cm³/mol. The summed E-state index contributed by atoms with van der Waals surface area (Å²) >= 11 is 0. The number of methoxy groups -OCH3 is 1. The van der Waals surface area contributed by atoms with E-state index in [2.05, 4.69) is 12.1 Å². The molecule has 3 nitrogen and oxygen atoms in total. The fraction of sp³-hybridized carbons (Fsp3) is 0.200. The van der Waals surface area contributed by atoms with Gasteiger partial charge in [-0.2, -0.15) is 0 Å². The summed E-state index contributed by atoms with van der Waals surface area (Å²) in [6, 6.07) is 22.1. The standard InChI is InChI=1S/C20H20O3/c1-21-19-11-5-10-18-17(19)9-6-12-20(18)23-14-13-22-15-16-7-3-2-4-8-16/h2-12H,13-15H2,1H3. The van der Waals surface area contributed by atoms with Crippen molar-refractivity contribution >= 4 is 10.8 Å². The second kappa shape index (κ2) is 7.65. The Kier molecular flexibility index (Phi) is 5.12. The molecule has 3 aromatic carbocycles. The Balaban J connectivity index is 1.57. The van der Waals surface area contributed by atoms with Gasteiger partial charge in [0.2, 0.25) is 0 Å². The minimum absolute atomic E-state index is 0.517. The lowest BCUT2D eigenvalue weighted by Gasteiger charge is -2.11. The van der Waals surface area contributed by atoms with Crippen molar-refractivity contribution in [3.05, 3.63) is 72.3 Å². The first kappa shape index (κ1) is 15.4. The molecule has 0 spiro atoms. The molecule has 0 fully saturated rings. The lowest BCUT2D eigenvalue weighted by atomic mass is 10.1. The van der Waals surface area contributed by atoms with Crippen molar-refractivity contribution in [2.24, 2.45) is 0 Å². The summed E-state index contributed by atoms with van der Waals surface area (Å²) in [4.78, 5) is 0. The van der Waals surface area contributed by atoms with E-state index in [0.717, 1.165) is 22.3 Å². The van der Waals surface area contributed by atoms with E-state index >= 15 is 0 Å². The minimum atomic E-state index is 0.517. The monoisotopic (exact) mass is 308 g/mol. The van der Waals surface area contributed by atoms with Crippen LogP contribution in [0.15, 0.2) is 66.7 Å². The molecule has 0 radical (unpaired) electrons. The second-order valence-electron chi connectivity index (χ2n) is 5.20. The van der Waals surface area contributed by atoms with E-state index in [1.54, 1.807) is 7.11 Å². The van der Waals surface area contributed by atoms with E-state index in [9.17, 15) is 0 Å². The molecule has 118 valence electrons. The van der Waals surface area contributed by atoms with Crippen LogP contribution in [0, 0.1) is 0 Å².